The minimum Gasteiger partial charge on any atom is -0.494 e. The molecule has 0 aliphatic rings. The summed E-state index contributed by atoms with van der Waals surface area (Å²) in [6, 6.07) is 14.3. The molecule has 0 unspecified atom stereocenters. The lowest BCUT2D eigenvalue weighted by Crippen LogP contribution is -2.29. The van der Waals surface area contributed by atoms with E-state index in [0.717, 1.165) is 52.2 Å². The number of nitrogens with one attached hydrogen (secondary N) is 1. The van der Waals surface area contributed by atoms with E-state index in [1.807, 2.05) is 43.5 Å². The highest BCUT2D eigenvalue weighted by Crippen LogP contribution is 2.36. The second-order valence-electron chi connectivity index (χ2n) is 9.77. The third-order valence-corrected chi connectivity index (χ3v) is 6.15. The van der Waals surface area contributed by atoms with Gasteiger partial charge in [-0.3, -0.25) is 4.55 Å². The summed E-state index contributed by atoms with van der Waals surface area (Å²) in [6.07, 6.45) is 8.59. The van der Waals surface area contributed by atoms with Crippen LogP contribution in [0.1, 0.15) is 5.56 Å². The molecule has 4 aromatic rings. The largest absolute Gasteiger partial charge is 0.494 e. The number of rotatable bonds is 10. The Morgan fingerprint density at radius 2 is 1.85 bits per heavy atom. The monoisotopic (exact) mass is 581 g/mol. The van der Waals surface area contributed by atoms with E-state index >= 15 is 0 Å². The molecule has 0 atom stereocenters. The summed E-state index contributed by atoms with van der Waals surface area (Å²) in [5, 5.41) is 4.53. The summed E-state index contributed by atoms with van der Waals surface area (Å²) in [6.45, 7) is 2.28. The van der Waals surface area contributed by atoms with E-state index in [-0.39, 0.29) is 0 Å². The van der Waals surface area contributed by atoms with Gasteiger partial charge in [0.05, 0.1) is 24.7 Å². The van der Waals surface area contributed by atoms with Crippen molar-refractivity contribution in [1.82, 2.24) is 19.4 Å². The van der Waals surface area contributed by atoms with Gasteiger partial charge in [0.15, 0.2) is 0 Å². The molecule has 0 bridgehead atoms. The standard InChI is InChI=1S/C28H35N7O.CH4O3S/c1-33(2)15-16-34(3)26-18-27(36-5)24(17-20(26)9-8-13-29)32-28-30-14-12-23(31-28)22-19-35(4)25-11-7-6-10-21(22)25;1-5(2,3)4/h6-12,14,17-19H,13,15-16,29H2,1-5H3,(H,30,31,32);1H3,(H,2,3,4). The predicted octanol–water partition coefficient (Wildman–Crippen LogP) is 3.86. The zero-order chi connectivity index (χ0) is 30.2. The number of para-hydroxylation sites is 1. The Balaban J connectivity index is 0.000000850. The molecule has 0 aliphatic carbocycles. The second kappa shape index (κ2) is 14.1. The first-order chi connectivity index (χ1) is 19.4. The molecule has 0 saturated carbocycles. The Morgan fingerprint density at radius 3 is 2.51 bits per heavy atom. The van der Waals surface area contributed by atoms with Crippen LogP contribution in [0.15, 0.2) is 60.9 Å². The number of ether oxygens (including phenoxy) is 1. The lowest BCUT2D eigenvalue weighted by Gasteiger charge is -2.25. The molecule has 0 aliphatic heterocycles. The van der Waals surface area contributed by atoms with Gasteiger partial charge >= 0.3 is 0 Å². The average molecular weight is 582 g/mol. The van der Waals surface area contributed by atoms with Crippen molar-refractivity contribution < 1.29 is 17.7 Å². The SMILES string of the molecule is COc1cc(N(C)CCN(C)C)c(C=CCN)cc1Nc1nccc(-c2cn(C)c3ccccc23)n1.CS(=O)(=O)O. The van der Waals surface area contributed by atoms with Crippen molar-refractivity contribution >= 4 is 44.4 Å². The summed E-state index contributed by atoms with van der Waals surface area (Å²) < 4.78 is 33.7. The summed E-state index contributed by atoms with van der Waals surface area (Å²) in [5.41, 5.74) is 11.7. The number of benzene rings is 2. The van der Waals surface area contributed by atoms with Crippen LogP contribution in [0.2, 0.25) is 0 Å². The topological polar surface area (TPSA) is 139 Å². The third-order valence-electron chi connectivity index (χ3n) is 6.15. The van der Waals surface area contributed by atoms with E-state index in [2.05, 4.69) is 70.2 Å². The van der Waals surface area contributed by atoms with Crippen LogP contribution in [0.3, 0.4) is 0 Å². The molecule has 2 aromatic carbocycles. The molecular weight excluding hydrogens is 542 g/mol. The number of methoxy groups -OCH3 is 1. The van der Waals surface area contributed by atoms with Gasteiger partial charge in [0.1, 0.15) is 5.75 Å². The highest BCUT2D eigenvalue weighted by atomic mass is 32.2. The molecule has 4 rings (SSSR count). The van der Waals surface area contributed by atoms with E-state index in [4.69, 9.17) is 20.0 Å². The van der Waals surface area contributed by atoms with Gasteiger partial charge in [0.25, 0.3) is 10.1 Å². The number of aromatic nitrogens is 3. The van der Waals surface area contributed by atoms with Gasteiger partial charge in [-0.2, -0.15) is 8.42 Å². The Labute approximate surface area is 242 Å². The number of anilines is 3. The number of nitrogens with zero attached hydrogens (tertiary/aromatic N) is 5. The van der Waals surface area contributed by atoms with E-state index in [0.29, 0.717) is 24.5 Å². The maximum Gasteiger partial charge on any atom is 0.261 e. The lowest BCUT2D eigenvalue weighted by molar-refractivity contribution is 0.413. The molecule has 2 heterocycles. The van der Waals surface area contributed by atoms with Crippen molar-refractivity contribution in [2.75, 3.05) is 64.4 Å². The molecule has 41 heavy (non-hydrogen) atoms. The van der Waals surface area contributed by atoms with Crippen molar-refractivity contribution in [3.05, 3.63) is 66.5 Å². The Hall–Kier alpha value is -3.97. The highest BCUT2D eigenvalue weighted by Gasteiger charge is 2.15. The molecule has 0 saturated heterocycles. The summed E-state index contributed by atoms with van der Waals surface area (Å²) in [5.74, 6) is 1.21. The normalized spacial score (nSPS) is 11.5. The number of fused-ring (bicyclic) bond motifs is 1. The van der Waals surface area contributed by atoms with Crippen LogP contribution >= 0.6 is 0 Å². The minimum atomic E-state index is -3.67. The van der Waals surface area contributed by atoms with Crippen molar-refractivity contribution in [3.8, 4) is 17.0 Å². The van der Waals surface area contributed by atoms with Gasteiger partial charge in [-0.05, 0) is 37.9 Å². The molecule has 4 N–H and O–H groups in total. The van der Waals surface area contributed by atoms with E-state index in [9.17, 15) is 8.42 Å². The van der Waals surface area contributed by atoms with Crippen molar-refractivity contribution in [1.29, 1.82) is 0 Å². The fourth-order valence-corrected chi connectivity index (χ4v) is 4.22. The fraction of sp³-hybridized carbons (Fsp3) is 0.310. The number of nitrogens with two attached hydrogens (primary N) is 1. The average Bonchev–Trinajstić information content (AvgIpc) is 3.26. The molecule has 220 valence electrons. The van der Waals surface area contributed by atoms with Crippen molar-refractivity contribution in [2.45, 2.75) is 0 Å². The number of hydrogen-bond donors (Lipinski definition) is 3. The van der Waals surface area contributed by atoms with Crippen LogP contribution in [0.4, 0.5) is 17.3 Å². The lowest BCUT2D eigenvalue weighted by atomic mass is 10.1. The number of likely N-dealkylation sites (N-methyl/N-ethyl adjacent to an activating group) is 2. The first kappa shape index (κ1) is 31.6. The molecule has 0 spiro atoms. The maximum atomic E-state index is 9.19. The van der Waals surface area contributed by atoms with Gasteiger partial charge in [-0.1, -0.05) is 30.4 Å². The molecule has 12 heteroatoms. The Kier molecular flexibility index (Phi) is 10.8. The van der Waals surface area contributed by atoms with Gasteiger partial charge in [0.2, 0.25) is 5.95 Å². The van der Waals surface area contributed by atoms with Crippen LogP contribution in [0.5, 0.6) is 5.75 Å². The summed E-state index contributed by atoms with van der Waals surface area (Å²) >= 11 is 0. The van der Waals surface area contributed by atoms with Crippen LogP contribution in [0, 0.1) is 0 Å². The van der Waals surface area contributed by atoms with E-state index in [1.165, 1.54) is 0 Å². The number of aryl methyl sites for hydroxylation is 1. The van der Waals surface area contributed by atoms with Crippen LogP contribution in [-0.4, -0.2) is 86.5 Å². The predicted molar refractivity (Wildman–Crippen MR) is 168 cm³/mol. The number of hydrogen-bond acceptors (Lipinski definition) is 9. The molecular formula is C29H39N7O4S. The van der Waals surface area contributed by atoms with Crippen LogP contribution in [-0.2, 0) is 17.2 Å². The summed E-state index contributed by atoms with van der Waals surface area (Å²) in [7, 11) is 6.28. The van der Waals surface area contributed by atoms with Crippen LogP contribution < -0.4 is 20.7 Å². The van der Waals surface area contributed by atoms with Gasteiger partial charge in [-0.25, -0.2) is 9.97 Å². The van der Waals surface area contributed by atoms with Gasteiger partial charge < -0.3 is 30.2 Å². The Bertz CT molecular complexity index is 1590. The fourth-order valence-electron chi connectivity index (χ4n) is 4.22. The van der Waals surface area contributed by atoms with E-state index in [1.54, 1.807) is 13.3 Å². The minimum absolute atomic E-state index is 0.464. The third kappa shape index (κ3) is 9.02. The van der Waals surface area contributed by atoms with Crippen molar-refractivity contribution in [2.24, 2.45) is 12.8 Å². The van der Waals surface area contributed by atoms with Gasteiger partial charge in [0, 0.05) is 74.3 Å². The molecule has 11 nitrogen and oxygen atoms in total. The zero-order valence-electron chi connectivity index (χ0n) is 24.4. The molecule has 0 fully saturated rings. The Morgan fingerprint density at radius 1 is 1.15 bits per heavy atom. The van der Waals surface area contributed by atoms with Crippen molar-refractivity contribution in [3.63, 3.8) is 0 Å². The van der Waals surface area contributed by atoms with Gasteiger partial charge in [-0.15, -0.1) is 0 Å². The highest BCUT2D eigenvalue weighted by molar-refractivity contribution is 7.85. The molecule has 2 aromatic heterocycles. The summed E-state index contributed by atoms with van der Waals surface area (Å²) in [4.78, 5) is 13.7. The first-order valence-corrected chi connectivity index (χ1v) is 14.8. The van der Waals surface area contributed by atoms with E-state index < -0.39 is 10.1 Å². The smallest absolute Gasteiger partial charge is 0.261 e. The second-order valence-corrected chi connectivity index (χ2v) is 11.2. The first-order valence-electron chi connectivity index (χ1n) is 12.9. The molecule has 0 radical (unpaired) electrons. The molecule has 0 amide bonds. The zero-order valence-corrected chi connectivity index (χ0v) is 25.2. The van der Waals surface area contributed by atoms with Crippen LogP contribution in [0.25, 0.3) is 28.2 Å². The quantitative estimate of drug-likeness (QED) is 0.237. The maximum absolute atomic E-state index is 9.19.